The Morgan fingerprint density at radius 2 is 1.54 bits per heavy atom. The molecule has 0 spiro atoms. The fourth-order valence-corrected chi connectivity index (χ4v) is 3.94. The van der Waals surface area contributed by atoms with Gasteiger partial charge < -0.3 is 29.0 Å². The second-order valence-corrected chi connectivity index (χ2v) is 8.42. The van der Waals surface area contributed by atoms with Crippen LogP contribution in [0.4, 0.5) is 5.69 Å². The van der Waals surface area contributed by atoms with E-state index in [4.69, 9.17) is 23.7 Å². The van der Waals surface area contributed by atoms with E-state index in [0.717, 1.165) is 11.0 Å². The van der Waals surface area contributed by atoms with Crippen molar-refractivity contribution in [3.8, 4) is 0 Å². The van der Waals surface area contributed by atoms with Gasteiger partial charge in [0.05, 0.1) is 64.0 Å². The van der Waals surface area contributed by atoms with E-state index in [2.05, 4.69) is 17.2 Å². The molecule has 2 N–H and O–H groups in total. The molecule has 0 aromatic heterocycles. The number of fused-ring (bicyclic) bond motifs is 1. The molecule has 1 atom stereocenters. The molecule has 1 saturated heterocycles. The zero-order chi connectivity index (χ0) is 28.0. The number of imide groups is 2. The number of hydrogen-bond donors (Lipinski definition) is 2. The molecule has 1 aromatic rings. The third-order valence-electron chi connectivity index (χ3n) is 5.78. The van der Waals surface area contributed by atoms with Gasteiger partial charge in [-0.15, -0.1) is 0 Å². The number of piperidine rings is 1. The van der Waals surface area contributed by atoms with E-state index in [-0.39, 0.29) is 37.2 Å². The fourth-order valence-electron chi connectivity index (χ4n) is 3.94. The zero-order valence-electron chi connectivity index (χ0n) is 21.6. The third-order valence-corrected chi connectivity index (χ3v) is 5.78. The van der Waals surface area contributed by atoms with E-state index >= 15 is 0 Å². The van der Waals surface area contributed by atoms with Gasteiger partial charge in [0.25, 0.3) is 11.8 Å². The number of benzene rings is 1. The molecule has 13 nitrogen and oxygen atoms in total. The molecule has 0 radical (unpaired) electrons. The molecule has 39 heavy (non-hydrogen) atoms. The molecule has 3 rings (SSSR count). The number of carbonyl (C=O) groups excluding carboxylic acids is 5. The van der Waals surface area contributed by atoms with Crippen molar-refractivity contribution in [1.82, 2.24) is 10.2 Å². The van der Waals surface area contributed by atoms with Gasteiger partial charge in [0, 0.05) is 24.7 Å². The molecular weight excluding hydrogens is 514 g/mol. The molecule has 0 bridgehead atoms. The lowest BCUT2D eigenvalue weighted by Crippen LogP contribution is -2.54. The van der Waals surface area contributed by atoms with Crippen LogP contribution in [0.1, 0.15) is 33.6 Å². The van der Waals surface area contributed by atoms with Crippen LogP contribution in [0.25, 0.3) is 0 Å². The van der Waals surface area contributed by atoms with Crippen LogP contribution in [0.15, 0.2) is 30.9 Å². The Kier molecular flexibility index (Phi) is 12.0. The number of nitrogens with zero attached hydrogens (tertiary/aromatic N) is 1. The first-order chi connectivity index (χ1) is 18.9. The lowest BCUT2D eigenvalue weighted by atomic mass is 10.0. The Morgan fingerprint density at radius 3 is 2.15 bits per heavy atom. The number of anilines is 1. The molecule has 2 aliphatic rings. The van der Waals surface area contributed by atoms with Gasteiger partial charge in [0.2, 0.25) is 11.8 Å². The SMILES string of the molecule is C=CC(=O)OCCOCCOCCOCCOCCNc1cccc2c1C(=O)N(C1CCC(=O)NC1=O)C2=O. The van der Waals surface area contributed by atoms with Crippen molar-refractivity contribution < 1.29 is 47.7 Å². The Bertz CT molecular complexity index is 1060. The van der Waals surface area contributed by atoms with Crippen LogP contribution in [-0.4, -0.2) is 107 Å². The first-order valence-electron chi connectivity index (χ1n) is 12.6. The molecule has 13 heteroatoms. The minimum atomic E-state index is -1.01. The average molecular weight is 548 g/mol. The predicted molar refractivity (Wildman–Crippen MR) is 136 cm³/mol. The van der Waals surface area contributed by atoms with E-state index in [0.29, 0.717) is 58.5 Å². The van der Waals surface area contributed by atoms with Crippen molar-refractivity contribution in [2.24, 2.45) is 0 Å². The van der Waals surface area contributed by atoms with E-state index in [1.165, 1.54) is 0 Å². The molecular formula is C26H33N3O10. The standard InChI is InChI=1S/C26H33N3O10/c1-2-22(31)39-17-16-38-15-14-37-13-12-36-11-10-35-9-8-27-19-5-3-4-18-23(19)26(34)29(25(18)33)20-6-7-21(30)28-24(20)32/h2-5,20,27H,1,6-17H2,(H,28,30,32). The van der Waals surface area contributed by atoms with Gasteiger partial charge in [-0.05, 0) is 18.6 Å². The first-order valence-corrected chi connectivity index (χ1v) is 12.6. The summed E-state index contributed by atoms with van der Waals surface area (Å²) < 4.78 is 26.4. The number of amides is 4. The van der Waals surface area contributed by atoms with E-state index < -0.39 is 35.6 Å². The highest BCUT2D eigenvalue weighted by Gasteiger charge is 2.45. The van der Waals surface area contributed by atoms with Crippen LogP contribution in [-0.2, 0) is 38.1 Å². The number of esters is 1. The summed E-state index contributed by atoms with van der Waals surface area (Å²) >= 11 is 0. The maximum Gasteiger partial charge on any atom is 0.330 e. The largest absolute Gasteiger partial charge is 0.460 e. The lowest BCUT2D eigenvalue weighted by Gasteiger charge is -2.27. The van der Waals surface area contributed by atoms with Crippen LogP contribution < -0.4 is 10.6 Å². The quantitative estimate of drug-likeness (QED) is 0.113. The van der Waals surface area contributed by atoms with Crippen LogP contribution >= 0.6 is 0 Å². The second-order valence-electron chi connectivity index (χ2n) is 8.42. The number of ether oxygens (including phenoxy) is 5. The maximum absolute atomic E-state index is 13.1. The Morgan fingerprint density at radius 1 is 0.923 bits per heavy atom. The highest BCUT2D eigenvalue weighted by atomic mass is 16.6. The van der Waals surface area contributed by atoms with Crippen molar-refractivity contribution in [3.63, 3.8) is 0 Å². The Labute approximate surface area is 225 Å². The average Bonchev–Trinajstić information content (AvgIpc) is 3.18. The summed E-state index contributed by atoms with van der Waals surface area (Å²) in [6.07, 6.45) is 1.26. The van der Waals surface area contributed by atoms with Crippen molar-refractivity contribution in [2.45, 2.75) is 18.9 Å². The fraction of sp³-hybridized carbons (Fsp3) is 0.500. The number of rotatable bonds is 18. The minimum absolute atomic E-state index is 0.0654. The molecule has 0 saturated carbocycles. The summed E-state index contributed by atoms with van der Waals surface area (Å²) in [5, 5.41) is 5.29. The number of nitrogens with one attached hydrogen (secondary N) is 2. The number of carbonyl (C=O) groups is 5. The summed E-state index contributed by atoms with van der Waals surface area (Å²) in [6, 6.07) is 3.88. The van der Waals surface area contributed by atoms with Gasteiger partial charge in [-0.2, -0.15) is 0 Å². The normalized spacial score (nSPS) is 16.7. The highest BCUT2D eigenvalue weighted by Crippen LogP contribution is 2.32. The Hall–Kier alpha value is -3.65. The summed E-state index contributed by atoms with van der Waals surface area (Å²) in [6.45, 7) is 6.77. The molecule has 212 valence electrons. The maximum atomic E-state index is 13.1. The second kappa shape index (κ2) is 15.7. The molecule has 4 amide bonds. The van der Waals surface area contributed by atoms with Crippen molar-refractivity contribution in [2.75, 3.05) is 71.3 Å². The van der Waals surface area contributed by atoms with Crippen molar-refractivity contribution in [1.29, 1.82) is 0 Å². The van der Waals surface area contributed by atoms with Crippen LogP contribution in [0.3, 0.4) is 0 Å². The third kappa shape index (κ3) is 8.68. The van der Waals surface area contributed by atoms with Gasteiger partial charge >= 0.3 is 5.97 Å². The van der Waals surface area contributed by atoms with Gasteiger partial charge in [-0.25, -0.2) is 4.79 Å². The smallest absolute Gasteiger partial charge is 0.330 e. The summed E-state index contributed by atoms with van der Waals surface area (Å²) in [7, 11) is 0. The monoisotopic (exact) mass is 547 g/mol. The predicted octanol–water partition coefficient (Wildman–Crippen LogP) is 0.295. The molecule has 0 aliphatic carbocycles. The summed E-state index contributed by atoms with van der Waals surface area (Å²) in [5.41, 5.74) is 0.892. The van der Waals surface area contributed by atoms with E-state index in [1.807, 2.05) is 0 Å². The zero-order valence-corrected chi connectivity index (χ0v) is 21.6. The van der Waals surface area contributed by atoms with Crippen molar-refractivity contribution in [3.05, 3.63) is 42.0 Å². The van der Waals surface area contributed by atoms with Gasteiger partial charge in [-0.1, -0.05) is 12.6 Å². The van der Waals surface area contributed by atoms with Gasteiger partial charge in [-0.3, -0.25) is 29.4 Å². The van der Waals surface area contributed by atoms with E-state index in [1.54, 1.807) is 18.2 Å². The first kappa shape index (κ1) is 29.9. The van der Waals surface area contributed by atoms with Crippen molar-refractivity contribution >= 4 is 35.3 Å². The van der Waals surface area contributed by atoms with Gasteiger partial charge in [0.1, 0.15) is 12.6 Å². The molecule has 2 heterocycles. The highest BCUT2D eigenvalue weighted by molar-refractivity contribution is 6.25. The molecule has 1 fully saturated rings. The van der Waals surface area contributed by atoms with Gasteiger partial charge in [0.15, 0.2) is 0 Å². The van der Waals surface area contributed by atoms with Crippen LogP contribution in [0.2, 0.25) is 0 Å². The van der Waals surface area contributed by atoms with Crippen LogP contribution in [0.5, 0.6) is 0 Å². The van der Waals surface area contributed by atoms with E-state index in [9.17, 15) is 24.0 Å². The minimum Gasteiger partial charge on any atom is -0.460 e. The lowest BCUT2D eigenvalue weighted by molar-refractivity contribution is -0.139. The summed E-state index contributed by atoms with van der Waals surface area (Å²) in [4.78, 5) is 61.4. The molecule has 1 unspecified atom stereocenters. The molecule has 2 aliphatic heterocycles. The number of hydrogen-bond acceptors (Lipinski definition) is 11. The Balaban J connectivity index is 1.25. The topological polar surface area (TPSA) is 159 Å². The molecule has 1 aromatic carbocycles. The van der Waals surface area contributed by atoms with Crippen LogP contribution in [0, 0.1) is 0 Å². The summed E-state index contributed by atoms with van der Waals surface area (Å²) in [5.74, 6) is -2.67.